The van der Waals surface area contributed by atoms with E-state index in [0.29, 0.717) is 17.7 Å². The van der Waals surface area contributed by atoms with Gasteiger partial charge in [-0.3, -0.25) is 4.98 Å². The van der Waals surface area contributed by atoms with Crippen molar-refractivity contribution in [3.63, 3.8) is 0 Å². The van der Waals surface area contributed by atoms with Crippen LogP contribution in [0.15, 0.2) is 36.7 Å². The third-order valence-electron chi connectivity index (χ3n) is 4.16. The maximum absolute atomic E-state index is 8.00. The second-order valence-corrected chi connectivity index (χ2v) is 5.86. The molecule has 0 bridgehead atoms. The third-order valence-corrected chi connectivity index (χ3v) is 4.16. The van der Waals surface area contributed by atoms with Crippen LogP contribution in [0.1, 0.15) is 25.5 Å². The minimum absolute atomic E-state index is 0.455. The Morgan fingerprint density at radius 2 is 2.09 bits per heavy atom. The van der Waals surface area contributed by atoms with Crippen LogP contribution in [0.3, 0.4) is 0 Å². The van der Waals surface area contributed by atoms with Gasteiger partial charge in [0.15, 0.2) is 0 Å². The lowest BCUT2D eigenvalue weighted by atomic mass is 9.80. The molecule has 5 heteroatoms. The van der Waals surface area contributed by atoms with Crippen molar-refractivity contribution in [2.45, 2.75) is 25.8 Å². The molecule has 0 aliphatic heterocycles. The fraction of sp³-hybridized carbons (Fsp3) is 0.353. The Bertz CT molecular complexity index is 716. The fourth-order valence-electron chi connectivity index (χ4n) is 2.73. The highest BCUT2D eigenvalue weighted by Crippen LogP contribution is 2.26. The zero-order valence-electron chi connectivity index (χ0n) is 12.7. The lowest BCUT2D eigenvalue weighted by molar-refractivity contribution is 0.247. The van der Waals surface area contributed by atoms with Crippen LogP contribution in [0.25, 0.3) is 16.6 Å². The minimum Gasteiger partial charge on any atom is -0.388 e. The average Bonchev–Trinajstić information content (AvgIpc) is 2.49. The summed E-state index contributed by atoms with van der Waals surface area (Å²) in [5.74, 6) is 0.635. The van der Waals surface area contributed by atoms with E-state index < -0.39 is 0 Å². The van der Waals surface area contributed by atoms with Gasteiger partial charge in [0.25, 0.3) is 0 Å². The van der Waals surface area contributed by atoms with Crippen LogP contribution in [-0.4, -0.2) is 28.3 Å². The molecule has 1 saturated carbocycles. The van der Waals surface area contributed by atoms with Crippen LogP contribution in [0.2, 0.25) is 0 Å². The second-order valence-electron chi connectivity index (χ2n) is 5.86. The Morgan fingerprint density at radius 1 is 1.36 bits per heavy atom. The monoisotopic (exact) mass is 295 g/mol. The lowest BCUT2D eigenvalue weighted by Crippen LogP contribution is -2.41. The maximum atomic E-state index is 8.00. The summed E-state index contributed by atoms with van der Waals surface area (Å²) in [6.45, 7) is 2.53. The van der Waals surface area contributed by atoms with Gasteiger partial charge < -0.3 is 16.5 Å². The van der Waals surface area contributed by atoms with Crippen LogP contribution >= 0.6 is 0 Å². The predicted molar refractivity (Wildman–Crippen MR) is 89.6 cm³/mol. The van der Waals surface area contributed by atoms with E-state index in [4.69, 9.17) is 11.1 Å². The minimum atomic E-state index is 0.455. The first kappa shape index (κ1) is 14.7. The number of benzene rings is 1. The number of nitrogens with two attached hydrogens (primary N) is 1. The van der Waals surface area contributed by atoms with E-state index >= 15 is 0 Å². The maximum Gasteiger partial charge on any atom is 0.0925 e. The second kappa shape index (κ2) is 6.23. The first-order valence-electron chi connectivity index (χ1n) is 7.61. The molecule has 22 heavy (non-hydrogen) atoms. The average molecular weight is 295 g/mol. The van der Waals surface area contributed by atoms with Crippen LogP contribution in [0.4, 0.5) is 0 Å². The highest BCUT2D eigenvalue weighted by molar-refractivity contribution is 6.20. The number of nitrogens with one attached hydrogen (secondary N) is 2. The van der Waals surface area contributed by atoms with Gasteiger partial charge >= 0.3 is 0 Å². The Morgan fingerprint density at radius 3 is 2.77 bits per heavy atom. The number of allylic oxidation sites excluding steroid dienone is 1. The number of para-hydroxylation sites is 2. The van der Waals surface area contributed by atoms with Crippen LogP contribution in [-0.2, 0) is 0 Å². The zero-order chi connectivity index (χ0) is 15.5. The first-order chi connectivity index (χ1) is 10.7. The number of hydrogen-bond donors (Lipinski definition) is 3. The molecule has 1 aromatic heterocycles. The van der Waals surface area contributed by atoms with E-state index in [1.807, 2.05) is 30.5 Å². The highest BCUT2D eigenvalue weighted by atomic mass is 14.9. The zero-order valence-corrected chi connectivity index (χ0v) is 12.7. The summed E-state index contributed by atoms with van der Waals surface area (Å²) >= 11 is 0. The number of aromatic nitrogens is 2. The van der Waals surface area contributed by atoms with Gasteiger partial charge in [-0.25, -0.2) is 4.98 Å². The van der Waals surface area contributed by atoms with E-state index in [9.17, 15) is 0 Å². The smallest absolute Gasteiger partial charge is 0.0925 e. The summed E-state index contributed by atoms with van der Waals surface area (Å²) < 4.78 is 0. The quantitative estimate of drug-likeness (QED) is 0.739. The molecule has 1 aliphatic carbocycles. The van der Waals surface area contributed by atoms with E-state index in [-0.39, 0.29) is 0 Å². The molecule has 0 unspecified atom stereocenters. The van der Waals surface area contributed by atoms with Crippen molar-refractivity contribution < 1.29 is 0 Å². The van der Waals surface area contributed by atoms with E-state index in [1.165, 1.54) is 0 Å². The molecule has 4 N–H and O–H groups in total. The summed E-state index contributed by atoms with van der Waals surface area (Å²) in [4.78, 5) is 9.04. The molecule has 2 aromatic rings. The Balaban J connectivity index is 1.81. The molecule has 3 rings (SSSR count). The van der Waals surface area contributed by atoms with Gasteiger partial charge in [0, 0.05) is 23.5 Å². The van der Waals surface area contributed by atoms with Crippen molar-refractivity contribution in [2.24, 2.45) is 11.7 Å². The number of hydrogen-bond acceptors (Lipinski definition) is 5. The fourth-order valence-corrected chi connectivity index (χ4v) is 2.73. The standard InChI is InChI=1S/C17H21N5/c1-11(19)14(9-20-13-6-12(7-13)8-18)17-10-21-15-4-2-3-5-16(15)22-17/h2-5,9-10,12-13,19-20H,6-8,18H2,1H3/b14-9+,19-11?. The lowest BCUT2D eigenvalue weighted by Gasteiger charge is -2.34. The summed E-state index contributed by atoms with van der Waals surface area (Å²) in [7, 11) is 0. The largest absolute Gasteiger partial charge is 0.388 e. The van der Waals surface area contributed by atoms with Gasteiger partial charge in [-0.1, -0.05) is 12.1 Å². The third kappa shape index (κ3) is 2.99. The van der Waals surface area contributed by atoms with Crippen LogP contribution < -0.4 is 11.1 Å². The SMILES string of the molecule is CC(=N)/C(=C\NC1CC(CN)C1)c1cnc2ccccc2n1. The Labute approximate surface area is 130 Å². The number of rotatable bonds is 5. The molecule has 0 radical (unpaired) electrons. The van der Waals surface area contributed by atoms with Crippen molar-refractivity contribution in [1.29, 1.82) is 5.41 Å². The molecule has 0 saturated heterocycles. The molecule has 1 heterocycles. The van der Waals surface area contributed by atoms with Crippen LogP contribution in [0, 0.1) is 11.3 Å². The first-order valence-corrected chi connectivity index (χ1v) is 7.61. The van der Waals surface area contributed by atoms with Crippen LogP contribution in [0.5, 0.6) is 0 Å². The Kier molecular flexibility index (Phi) is 4.15. The van der Waals surface area contributed by atoms with Gasteiger partial charge in [0.1, 0.15) is 0 Å². The normalized spacial score (nSPS) is 21.5. The summed E-state index contributed by atoms with van der Waals surface area (Å²) in [6.07, 6.45) is 5.83. The number of nitrogens with zero attached hydrogens (tertiary/aromatic N) is 2. The topological polar surface area (TPSA) is 87.7 Å². The molecule has 1 aliphatic rings. The van der Waals surface area contributed by atoms with Crippen molar-refractivity contribution >= 4 is 22.3 Å². The molecule has 1 fully saturated rings. The molecule has 0 amide bonds. The van der Waals surface area contributed by atoms with Gasteiger partial charge in [0.05, 0.1) is 22.9 Å². The van der Waals surface area contributed by atoms with Crippen molar-refractivity contribution in [1.82, 2.24) is 15.3 Å². The van der Waals surface area contributed by atoms with E-state index in [0.717, 1.165) is 41.7 Å². The van der Waals surface area contributed by atoms with Gasteiger partial charge in [-0.15, -0.1) is 0 Å². The number of fused-ring (bicyclic) bond motifs is 1. The Hall–Kier alpha value is -2.27. The summed E-state index contributed by atoms with van der Waals surface area (Å²) in [6, 6.07) is 8.22. The van der Waals surface area contributed by atoms with E-state index in [1.54, 1.807) is 13.1 Å². The molecule has 114 valence electrons. The predicted octanol–water partition coefficient (Wildman–Crippen LogP) is 2.34. The molecule has 5 nitrogen and oxygen atoms in total. The van der Waals surface area contributed by atoms with Crippen molar-refractivity contribution in [2.75, 3.05) is 6.54 Å². The molecular weight excluding hydrogens is 274 g/mol. The van der Waals surface area contributed by atoms with Gasteiger partial charge in [-0.2, -0.15) is 0 Å². The van der Waals surface area contributed by atoms with Gasteiger partial charge in [0.2, 0.25) is 0 Å². The molecule has 0 spiro atoms. The highest BCUT2D eigenvalue weighted by Gasteiger charge is 2.26. The summed E-state index contributed by atoms with van der Waals surface area (Å²) in [5, 5.41) is 11.4. The van der Waals surface area contributed by atoms with Crippen molar-refractivity contribution in [3.8, 4) is 0 Å². The molecule has 0 atom stereocenters. The van der Waals surface area contributed by atoms with Crippen molar-refractivity contribution in [3.05, 3.63) is 42.4 Å². The molecule has 1 aromatic carbocycles. The molecular formula is C17H21N5. The van der Waals surface area contributed by atoms with Gasteiger partial charge in [-0.05, 0) is 44.4 Å². The summed E-state index contributed by atoms with van der Waals surface area (Å²) in [5.41, 5.74) is 9.36. The van der Waals surface area contributed by atoms with E-state index in [2.05, 4.69) is 15.3 Å².